The van der Waals surface area contributed by atoms with Gasteiger partial charge in [0.15, 0.2) is 0 Å². The molecule has 0 amide bonds. The molecule has 0 radical (unpaired) electrons. The zero-order chi connectivity index (χ0) is 16.4. The first kappa shape index (κ1) is 14.6. The highest BCUT2D eigenvalue weighted by atomic mass is 32.2. The fourth-order valence-electron chi connectivity index (χ4n) is 3.02. The standard InChI is InChI=1S/C21H14N2S/c22-14-24-17-11-12-18-19(13-17)23-21(16-9-5-2-6-10-16)20(18)15-7-3-1-4-8-15/h1-13,23H. The van der Waals surface area contributed by atoms with Crippen LogP contribution in [0.4, 0.5) is 0 Å². The number of nitrogens with one attached hydrogen (secondary N) is 1. The van der Waals surface area contributed by atoms with Crippen molar-refractivity contribution in [1.29, 1.82) is 5.26 Å². The summed E-state index contributed by atoms with van der Waals surface area (Å²) in [4.78, 5) is 4.50. The van der Waals surface area contributed by atoms with E-state index in [1.165, 1.54) is 28.3 Å². The zero-order valence-corrected chi connectivity index (χ0v) is 13.7. The molecular weight excluding hydrogens is 312 g/mol. The Morgan fingerprint density at radius 2 is 1.46 bits per heavy atom. The second-order valence-corrected chi connectivity index (χ2v) is 6.37. The molecule has 1 aromatic heterocycles. The van der Waals surface area contributed by atoms with Crippen LogP contribution in [-0.2, 0) is 0 Å². The van der Waals surface area contributed by atoms with Crippen molar-refractivity contribution >= 4 is 22.7 Å². The summed E-state index contributed by atoms with van der Waals surface area (Å²) in [7, 11) is 0. The lowest BCUT2D eigenvalue weighted by molar-refractivity contribution is 1.42. The fraction of sp³-hybridized carbons (Fsp3) is 0. The largest absolute Gasteiger partial charge is 0.354 e. The zero-order valence-electron chi connectivity index (χ0n) is 12.9. The third-order valence-electron chi connectivity index (χ3n) is 4.06. The highest BCUT2D eigenvalue weighted by Gasteiger charge is 2.15. The van der Waals surface area contributed by atoms with Crippen molar-refractivity contribution in [3.63, 3.8) is 0 Å². The van der Waals surface area contributed by atoms with Crippen molar-refractivity contribution < 1.29 is 0 Å². The number of aromatic nitrogens is 1. The van der Waals surface area contributed by atoms with E-state index in [-0.39, 0.29) is 0 Å². The molecule has 4 rings (SSSR count). The predicted octanol–water partition coefficient (Wildman–Crippen LogP) is 6.08. The topological polar surface area (TPSA) is 39.6 Å². The van der Waals surface area contributed by atoms with Gasteiger partial charge in [0.2, 0.25) is 0 Å². The molecule has 1 heterocycles. The Hall–Kier alpha value is -2.96. The molecule has 0 bridgehead atoms. The van der Waals surface area contributed by atoms with Crippen molar-refractivity contribution in [2.45, 2.75) is 4.90 Å². The van der Waals surface area contributed by atoms with Gasteiger partial charge in [-0.2, -0.15) is 5.26 Å². The minimum absolute atomic E-state index is 0.950. The number of H-pyrrole nitrogens is 1. The van der Waals surface area contributed by atoms with Crippen molar-refractivity contribution in [3.8, 4) is 27.8 Å². The van der Waals surface area contributed by atoms with E-state index in [0.29, 0.717) is 0 Å². The van der Waals surface area contributed by atoms with Crippen molar-refractivity contribution in [1.82, 2.24) is 4.98 Å². The third kappa shape index (κ3) is 2.58. The Balaban J connectivity index is 2.01. The molecule has 0 aliphatic heterocycles. The smallest absolute Gasteiger partial charge is 0.138 e. The summed E-state index contributed by atoms with van der Waals surface area (Å²) in [5, 5.41) is 12.2. The van der Waals surface area contributed by atoms with E-state index in [9.17, 15) is 0 Å². The molecule has 3 heteroatoms. The van der Waals surface area contributed by atoms with Gasteiger partial charge < -0.3 is 4.98 Å². The van der Waals surface area contributed by atoms with E-state index >= 15 is 0 Å². The summed E-state index contributed by atoms with van der Waals surface area (Å²) in [6, 6.07) is 26.9. The Morgan fingerprint density at radius 3 is 2.12 bits per heavy atom. The van der Waals surface area contributed by atoms with E-state index < -0.39 is 0 Å². The maximum absolute atomic E-state index is 8.91. The normalized spacial score (nSPS) is 10.6. The number of nitrogens with zero attached hydrogens (tertiary/aromatic N) is 1. The van der Waals surface area contributed by atoms with Crippen molar-refractivity contribution in [3.05, 3.63) is 78.9 Å². The van der Waals surface area contributed by atoms with Crippen molar-refractivity contribution in [2.24, 2.45) is 0 Å². The number of rotatable bonds is 3. The van der Waals surface area contributed by atoms with E-state index in [1.807, 2.05) is 36.4 Å². The van der Waals surface area contributed by atoms with Gasteiger partial charge in [0.1, 0.15) is 5.40 Å². The van der Waals surface area contributed by atoms with E-state index in [0.717, 1.165) is 21.7 Å². The predicted molar refractivity (Wildman–Crippen MR) is 101 cm³/mol. The number of fused-ring (bicyclic) bond motifs is 1. The number of benzene rings is 3. The lowest BCUT2D eigenvalue weighted by Gasteiger charge is -2.05. The van der Waals surface area contributed by atoms with Gasteiger partial charge in [0, 0.05) is 21.4 Å². The molecule has 24 heavy (non-hydrogen) atoms. The SMILES string of the molecule is N#CSc1ccc2c(-c3ccccc3)c(-c3ccccc3)[nH]c2c1. The highest BCUT2D eigenvalue weighted by Crippen LogP contribution is 2.39. The summed E-state index contributed by atoms with van der Waals surface area (Å²) in [5.41, 5.74) is 5.69. The molecule has 0 saturated carbocycles. The number of aromatic amines is 1. The molecule has 0 fully saturated rings. The van der Waals surface area contributed by atoms with E-state index in [4.69, 9.17) is 5.26 Å². The highest BCUT2D eigenvalue weighted by molar-refractivity contribution is 8.03. The number of hydrogen-bond donors (Lipinski definition) is 1. The van der Waals surface area contributed by atoms with Gasteiger partial charge in [0.05, 0.1) is 5.69 Å². The molecule has 0 spiro atoms. The monoisotopic (exact) mass is 326 g/mol. The molecular formula is C21H14N2S. The van der Waals surface area contributed by atoms with Gasteiger partial charge in [-0.25, -0.2) is 0 Å². The molecule has 2 nitrogen and oxygen atoms in total. The summed E-state index contributed by atoms with van der Waals surface area (Å²) in [5.74, 6) is 0. The Morgan fingerprint density at radius 1 is 0.792 bits per heavy atom. The molecule has 0 aliphatic carbocycles. The molecule has 0 atom stereocenters. The lowest BCUT2D eigenvalue weighted by Crippen LogP contribution is -1.82. The van der Waals surface area contributed by atoms with Crippen LogP contribution in [0.15, 0.2) is 83.8 Å². The van der Waals surface area contributed by atoms with Gasteiger partial charge >= 0.3 is 0 Å². The van der Waals surface area contributed by atoms with Gasteiger partial charge in [-0.15, -0.1) is 0 Å². The number of nitriles is 1. The minimum Gasteiger partial charge on any atom is -0.354 e. The quantitative estimate of drug-likeness (QED) is 0.366. The van der Waals surface area contributed by atoms with Crippen LogP contribution in [0.3, 0.4) is 0 Å². The maximum atomic E-state index is 8.91. The molecule has 1 N–H and O–H groups in total. The average Bonchev–Trinajstić information content (AvgIpc) is 3.02. The Bertz CT molecular complexity index is 1030. The van der Waals surface area contributed by atoms with Crippen LogP contribution in [-0.4, -0.2) is 4.98 Å². The molecule has 0 unspecified atom stereocenters. The fourth-order valence-corrected chi connectivity index (χ4v) is 3.44. The first-order chi connectivity index (χ1) is 11.9. The summed E-state index contributed by atoms with van der Waals surface area (Å²) >= 11 is 1.18. The number of thiocyanates is 1. The average molecular weight is 326 g/mol. The van der Waals surface area contributed by atoms with Gasteiger partial charge in [-0.1, -0.05) is 66.7 Å². The van der Waals surface area contributed by atoms with Gasteiger partial charge in [-0.05, 0) is 35.0 Å². The summed E-state index contributed by atoms with van der Waals surface area (Å²) in [6.45, 7) is 0. The molecule has 3 aromatic carbocycles. The van der Waals surface area contributed by atoms with Crippen LogP contribution >= 0.6 is 11.8 Å². The molecule has 0 saturated heterocycles. The van der Waals surface area contributed by atoms with Crippen molar-refractivity contribution in [2.75, 3.05) is 0 Å². The third-order valence-corrected chi connectivity index (χ3v) is 4.64. The first-order valence-electron chi connectivity index (χ1n) is 7.69. The van der Waals surface area contributed by atoms with Crippen LogP contribution in [0.1, 0.15) is 0 Å². The Labute approximate surface area is 144 Å². The number of hydrogen-bond acceptors (Lipinski definition) is 2. The molecule has 114 valence electrons. The Kier molecular flexibility index (Phi) is 3.82. The summed E-state index contributed by atoms with van der Waals surface area (Å²) < 4.78 is 0. The van der Waals surface area contributed by atoms with Gasteiger partial charge in [0.25, 0.3) is 0 Å². The van der Waals surface area contributed by atoms with Crippen LogP contribution in [0.5, 0.6) is 0 Å². The first-order valence-corrected chi connectivity index (χ1v) is 8.51. The van der Waals surface area contributed by atoms with E-state index in [1.54, 1.807) is 0 Å². The van der Waals surface area contributed by atoms with E-state index in [2.05, 4.69) is 52.8 Å². The van der Waals surface area contributed by atoms with Crippen LogP contribution < -0.4 is 0 Å². The number of thioether (sulfide) groups is 1. The second kappa shape index (κ2) is 6.27. The van der Waals surface area contributed by atoms with Crippen LogP contribution in [0, 0.1) is 10.7 Å². The maximum Gasteiger partial charge on any atom is 0.138 e. The summed E-state index contributed by atoms with van der Waals surface area (Å²) in [6.07, 6.45) is 0. The minimum atomic E-state index is 0.950. The molecule has 0 aliphatic rings. The van der Waals surface area contributed by atoms with Crippen LogP contribution in [0.2, 0.25) is 0 Å². The molecule has 4 aromatic rings. The van der Waals surface area contributed by atoms with Gasteiger partial charge in [-0.3, -0.25) is 0 Å². The van der Waals surface area contributed by atoms with Crippen LogP contribution in [0.25, 0.3) is 33.3 Å². The lowest BCUT2D eigenvalue weighted by atomic mass is 9.98. The second-order valence-electron chi connectivity index (χ2n) is 5.51.